The summed E-state index contributed by atoms with van der Waals surface area (Å²) < 4.78 is 0. The lowest BCUT2D eigenvalue weighted by Crippen LogP contribution is -2.61. The first-order valence-electron chi connectivity index (χ1n) is 9.20. The van der Waals surface area contributed by atoms with Crippen molar-refractivity contribution >= 4 is 17.3 Å². The summed E-state index contributed by atoms with van der Waals surface area (Å²) in [7, 11) is 0. The molecule has 2 atom stereocenters. The van der Waals surface area contributed by atoms with E-state index < -0.39 is 0 Å². The Bertz CT molecular complexity index is 746. The average Bonchev–Trinajstić information content (AvgIpc) is 2.67. The lowest BCUT2D eigenvalue weighted by atomic mass is 9.83. The fourth-order valence-electron chi connectivity index (χ4n) is 4.24. The van der Waals surface area contributed by atoms with Crippen LogP contribution in [0.15, 0.2) is 54.6 Å². The second-order valence-electron chi connectivity index (χ2n) is 6.88. The van der Waals surface area contributed by atoms with E-state index in [1.54, 1.807) is 0 Å². The van der Waals surface area contributed by atoms with Crippen molar-refractivity contribution in [1.82, 2.24) is 5.32 Å². The van der Waals surface area contributed by atoms with Gasteiger partial charge in [-0.05, 0) is 37.1 Å². The summed E-state index contributed by atoms with van der Waals surface area (Å²) in [4.78, 5) is 17.6. The maximum absolute atomic E-state index is 12.7. The average molecular weight is 335 g/mol. The highest BCUT2D eigenvalue weighted by atomic mass is 16.1. The monoisotopic (exact) mass is 335 g/mol. The number of benzene rings is 2. The number of carbonyl (C=O) groups is 1. The van der Waals surface area contributed by atoms with E-state index in [1.165, 1.54) is 16.9 Å². The zero-order valence-electron chi connectivity index (χ0n) is 14.7. The van der Waals surface area contributed by atoms with E-state index in [4.69, 9.17) is 0 Å². The van der Waals surface area contributed by atoms with Crippen molar-refractivity contribution in [2.75, 3.05) is 36.0 Å². The first kappa shape index (κ1) is 16.0. The van der Waals surface area contributed by atoms with Gasteiger partial charge in [-0.2, -0.15) is 0 Å². The predicted molar refractivity (Wildman–Crippen MR) is 102 cm³/mol. The Morgan fingerprint density at radius 1 is 1.08 bits per heavy atom. The summed E-state index contributed by atoms with van der Waals surface area (Å²) in [5.74, 6) is 0.184. The summed E-state index contributed by atoms with van der Waals surface area (Å²) in [6, 6.07) is 19.3. The van der Waals surface area contributed by atoms with Crippen LogP contribution in [0.4, 0.5) is 11.4 Å². The second kappa shape index (κ2) is 6.79. The zero-order valence-corrected chi connectivity index (χ0v) is 14.7. The number of carbonyl (C=O) groups excluding carboxylic acids is 1. The van der Waals surface area contributed by atoms with Gasteiger partial charge in [0.25, 0.3) is 0 Å². The molecule has 0 spiro atoms. The molecule has 4 rings (SSSR count). The first-order valence-corrected chi connectivity index (χ1v) is 9.20. The summed E-state index contributed by atoms with van der Waals surface area (Å²) in [6.07, 6.45) is 0.825. The highest BCUT2D eigenvalue weighted by Gasteiger charge is 2.41. The van der Waals surface area contributed by atoms with Crippen molar-refractivity contribution in [2.45, 2.75) is 19.4 Å². The molecule has 2 aliphatic heterocycles. The maximum atomic E-state index is 12.7. The number of nitrogens with zero attached hydrogens (tertiary/aromatic N) is 2. The van der Waals surface area contributed by atoms with Crippen LogP contribution in [0.1, 0.15) is 12.5 Å². The van der Waals surface area contributed by atoms with Crippen LogP contribution in [-0.2, 0) is 11.2 Å². The number of para-hydroxylation sites is 2. The van der Waals surface area contributed by atoms with Gasteiger partial charge in [0.05, 0.1) is 12.0 Å². The normalized spacial score (nSPS) is 22.1. The number of fused-ring (bicyclic) bond motifs is 3. The minimum absolute atomic E-state index is 0.00126. The summed E-state index contributed by atoms with van der Waals surface area (Å²) in [5.41, 5.74) is 3.85. The molecule has 2 aromatic rings. The Morgan fingerprint density at radius 2 is 1.84 bits per heavy atom. The number of piperazine rings is 1. The van der Waals surface area contributed by atoms with Gasteiger partial charge < -0.3 is 15.1 Å². The van der Waals surface area contributed by atoms with Crippen LogP contribution < -0.4 is 15.1 Å². The first-order chi connectivity index (χ1) is 12.3. The quantitative estimate of drug-likeness (QED) is 0.937. The van der Waals surface area contributed by atoms with Crippen molar-refractivity contribution < 1.29 is 4.79 Å². The third-order valence-electron chi connectivity index (χ3n) is 5.43. The van der Waals surface area contributed by atoms with Crippen LogP contribution in [-0.4, -0.2) is 38.1 Å². The molecule has 0 aromatic heterocycles. The third-order valence-corrected chi connectivity index (χ3v) is 5.43. The molecular formula is C21H25N3O. The minimum atomic E-state index is 0.00126. The maximum Gasteiger partial charge on any atom is 0.225 e. The lowest BCUT2D eigenvalue weighted by molar-refractivity contribution is -0.125. The molecule has 0 saturated carbocycles. The van der Waals surface area contributed by atoms with Gasteiger partial charge in [-0.1, -0.05) is 36.4 Å². The summed E-state index contributed by atoms with van der Waals surface area (Å²) in [5, 5.41) is 3.05. The number of anilines is 2. The molecule has 1 saturated heterocycles. The SMILES string of the molecule is CCNC(=O)[C@H]1Cc2ccccc2N2CCN(c3ccccc3)C[C@H]12. The predicted octanol–water partition coefficient (Wildman–Crippen LogP) is 2.69. The van der Waals surface area contributed by atoms with Crippen LogP contribution in [0.2, 0.25) is 0 Å². The Balaban J connectivity index is 1.66. The van der Waals surface area contributed by atoms with Crippen LogP contribution in [0.5, 0.6) is 0 Å². The molecule has 4 nitrogen and oxygen atoms in total. The van der Waals surface area contributed by atoms with E-state index >= 15 is 0 Å². The summed E-state index contributed by atoms with van der Waals surface area (Å²) >= 11 is 0. The van der Waals surface area contributed by atoms with Crippen LogP contribution in [0.3, 0.4) is 0 Å². The van der Waals surface area contributed by atoms with E-state index in [-0.39, 0.29) is 17.9 Å². The molecule has 1 amide bonds. The van der Waals surface area contributed by atoms with Crippen LogP contribution in [0.25, 0.3) is 0 Å². The van der Waals surface area contributed by atoms with Crippen molar-refractivity contribution in [1.29, 1.82) is 0 Å². The Labute approximate surface area is 149 Å². The Hall–Kier alpha value is -2.49. The van der Waals surface area contributed by atoms with Gasteiger partial charge in [0, 0.05) is 37.6 Å². The van der Waals surface area contributed by atoms with Crippen molar-refractivity contribution in [3.8, 4) is 0 Å². The number of hydrogen-bond donors (Lipinski definition) is 1. The fraction of sp³-hybridized carbons (Fsp3) is 0.381. The molecule has 0 aliphatic carbocycles. The molecule has 25 heavy (non-hydrogen) atoms. The minimum Gasteiger partial charge on any atom is -0.368 e. The van der Waals surface area contributed by atoms with Gasteiger partial charge in [-0.3, -0.25) is 4.79 Å². The number of nitrogens with one attached hydrogen (secondary N) is 1. The molecule has 2 heterocycles. The van der Waals surface area contributed by atoms with E-state index in [2.05, 4.69) is 63.6 Å². The van der Waals surface area contributed by atoms with Gasteiger partial charge in [0.2, 0.25) is 5.91 Å². The molecule has 0 radical (unpaired) electrons. The highest BCUT2D eigenvalue weighted by Crippen LogP contribution is 2.36. The van der Waals surface area contributed by atoms with Crippen molar-refractivity contribution in [3.05, 3.63) is 60.2 Å². The van der Waals surface area contributed by atoms with E-state index in [1.807, 2.05) is 13.0 Å². The van der Waals surface area contributed by atoms with Crippen LogP contribution >= 0.6 is 0 Å². The van der Waals surface area contributed by atoms with Gasteiger partial charge in [0.1, 0.15) is 0 Å². The molecule has 0 unspecified atom stereocenters. The zero-order chi connectivity index (χ0) is 17.2. The lowest BCUT2D eigenvalue weighted by Gasteiger charge is -2.49. The number of hydrogen-bond acceptors (Lipinski definition) is 3. The van der Waals surface area contributed by atoms with Crippen molar-refractivity contribution in [3.63, 3.8) is 0 Å². The standard InChI is InChI=1S/C21H25N3O/c1-2-22-21(25)18-14-16-8-6-7-11-19(16)24-13-12-23(15-20(18)24)17-9-4-3-5-10-17/h3-11,18,20H,2,12-15H2,1H3,(H,22,25)/t18-,20+/m0/s1. The van der Waals surface area contributed by atoms with Gasteiger partial charge in [-0.25, -0.2) is 0 Å². The molecule has 2 aliphatic rings. The van der Waals surface area contributed by atoms with Gasteiger partial charge in [-0.15, -0.1) is 0 Å². The smallest absolute Gasteiger partial charge is 0.225 e. The Morgan fingerprint density at radius 3 is 2.64 bits per heavy atom. The van der Waals surface area contributed by atoms with E-state index in [0.717, 1.165) is 26.1 Å². The molecule has 4 heteroatoms. The largest absolute Gasteiger partial charge is 0.368 e. The second-order valence-corrected chi connectivity index (χ2v) is 6.88. The highest BCUT2D eigenvalue weighted by molar-refractivity contribution is 5.82. The van der Waals surface area contributed by atoms with Gasteiger partial charge >= 0.3 is 0 Å². The van der Waals surface area contributed by atoms with Crippen molar-refractivity contribution in [2.24, 2.45) is 5.92 Å². The fourth-order valence-corrected chi connectivity index (χ4v) is 4.24. The van der Waals surface area contributed by atoms with E-state index in [0.29, 0.717) is 6.54 Å². The van der Waals surface area contributed by atoms with Gasteiger partial charge in [0.15, 0.2) is 0 Å². The number of rotatable bonds is 3. The summed E-state index contributed by atoms with van der Waals surface area (Å²) in [6.45, 7) is 5.50. The molecule has 0 bridgehead atoms. The molecule has 1 N–H and O–H groups in total. The van der Waals surface area contributed by atoms with Crippen LogP contribution in [0, 0.1) is 5.92 Å². The topological polar surface area (TPSA) is 35.6 Å². The Kier molecular flexibility index (Phi) is 4.35. The molecule has 130 valence electrons. The molecular weight excluding hydrogens is 310 g/mol. The third kappa shape index (κ3) is 2.97. The molecule has 2 aromatic carbocycles. The van der Waals surface area contributed by atoms with E-state index in [9.17, 15) is 4.79 Å². The number of amides is 1. The molecule has 1 fully saturated rings.